The van der Waals surface area contributed by atoms with Gasteiger partial charge in [0.25, 0.3) is 5.91 Å². The molecular weight excluding hydrogens is 344 g/mol. The number of hydrogen-bond acceptors (Lipinski definition) is 4. The minimum Gasteiger partial charge on any atom is -0.370 e. The van der Waals surface area contributed by atoms with E-state index in [1.165, 1.54) is 37.1 Å². The molecule has 1 saturated carbocycles. The fraction of sp³-hybridized carbons (Fsp3) is 0.722. The Labute approximate surface area is 151 Å². The second kappa shape index (κ2) is 5.70. The lowest BCUT2D eigenvalue weighted by Gasteiger charge is -2.29. The fourth-order valence-corrected chi connectivity index (χ4v) is 6.17. The number of nitrogens with zero attached hydrogens (tertiary/aromatic N) is 1. The first-order chi connectivity index (χ1) is 11.6. The number of carbonyl (C=O) groups is 1. The van der Waals surface area contributed by atoms with Crippen LogP contribution in [-0.2, 0) is 4.74 Å². The maximum Gasteiger partial charge on any atom is 0.262 e. The van der Waals surface area contributed by atoms with Crippen molar-refractivity contribution in [2.75, 3.05) is 26.2 Å². The van der Waals surface area contributed by atoms with E-state index in [0.29, 0.717) is 34.4 Å². The topological polar surface area (TPSA) is 41.6 Å². The summed E-state index contributed by atoms with van der Waals surface area (Å²) in [5.74, 6) is 1.91. The highest BCUT2D eigenvalue weighted by Gasteiger charge is 2.62. The quantitative estimate of drug-likeness (QED) is 0.870. The second-order valence-electron chi connectivity index (χ2n) is 7.98. The van der Waals surface area contributed by atoms with Crippen molar-refractivity contribution in [3.05, 3.63) is 21.3 Å². The van der Waals surface area contributed by atoms with Gasteiger partial charge in [-0.15, -0.1) is 11.3 Å². The molecule has 4 atom stereocenters. The number of carbonyl (C=O) groups excluding carboxylic acids is 1. The first kappa shape index (κ1) is 15.6. The van der Waals surface area contributed by atoms with Crippen LogP contribution in [0.25, 0.3) is 0 Å². The largest absolute Gasteiger partial charge is 0.370 e. The highest BCUT2D eigenvalue weighted by Crippen LogP contribution is 2.55. The summed E-state index contributed by atoms with van der Waals surface area (Å²) in [6.45, 7) is 4.21. The molecule has 130 valence electrons. The summed E-state index contributed by atoms with van der Waals surface area (Å²) in [7, 11) is 0. The van der Waals surface area contributed by atoms with Gasteiger partial charge in [-0.25, -0.2) is 0 Å². The highest BCUT2D eigenvalue weighted by molar-refractivity contribution is 7.12. The number of thiophene rings is 1. The van der Waals surface area contributed by atoms with E-state index in [1.807, 2.05) is 5.38 Å². The van der Waals surface area contributed by atoms with Crippen LogP contribution < -0.4 is 5.32 Å². The van der Waals surface area contributed by atoms with Crippen molar-refractivity contribution >= 4 is 28.8 Å². The number of halogens is 1. The Morgan fingerprint density at radius 1 is 1.46 bits per heavy atom. The zero-order valence-corrected chi connectivity index (χ0v) is 15.2. The van der Waals surface area contributed by atoms with Crippen molar-refractivity contribution in [1.29, 1.82) is 0 Å². The third kappa shape index (κ3) is 2.52. The summed E-state index contributed by atoms with van der Waals surface area (Å²) in [5, 5.41) is 5.53. The minimum atomic E-state index is -0.0420. The molecule has 1 aliphatic carbocycles. The summed E-state index contributed by atoms with van der Waals surface area (Å²) in [6, 6.07) is 1.78. The van der Waals surface area contributed by atoms with Crippen LogP contribution in [0.3, 0.4) is 0 Å². The molecule has 1 aromatic heterocycles. The molecule has 4 aliphatic rings. The molecule has 0 unspecified atom stereocenters. The first-order valence-electron chi connectivity index (χ1n) is 9.06. The number of fused-ring (bicyclic) bond motifs is 1. The molecule has 5 rings (SSSR count). The lowest BCUT2D eigenvalue weighted by atomic mass is 9.73. The standard InChI is InChI=1S/C18H23ClN2O2S/c19-14-4-6-24-16(14)17(22)20-7-12-13-9-21(8-11-1-2-11)10-18(13)5-3-15(12)23-18/h4,6,11-13,15H,1-3,5,7-10H2,(H,20,22)/t12-,13+,15+,18+/m0/s1. The van der Waals surface area contributed by atoms with Crippen LogP contribution in [0.5, 0.6) is 0 Å². The van der Waals surface area contributed by atoms with E-state index in [-0.39, 0.29) is 11.5 Å². The van der Waals surface area contributed by atoms with Crippen LogP contribution in [-0.4, -0.2) is 48.7 Å². The van der Waals surface area contributed by atoms with E-state index in [4.69, 9.17) is 16.3 Å². The van der Waals surface area contributed by atoms with Gasteiger partial charge in [0.15, 0.2) is 0 Å². The highest BCUT2D eigenvalue weighted by atomic mass is 35.5. The molecule has 3 saturated heterocycles. The SMILES string of the molecule is O=C(NC[C@H]1[C@H]2CN(CC3CC3)C[C@]23CC[C@H]1O3)c1sccc1Cl. The van der Waals surface area contributed by atoms with E-state index in [1.54, 1.807) is 6.07 Å². The van der Waals surface area contributed by atoms with E-state index < -0.39 is 0 Å². The average molecular weight is 367 g/mol. The maximum absolute atomic E-state index is 12.4. The Bertz CT molecular complexity index is 661. The summed E-state index contributed by atoms with van der Waals surface area (Å²) < 4.78 is 6.46. The van der Waals surface area contributed by atoms with E-state index >= 15 is 0 Å². The predicted octanol–water partition coefficient (Wildman–Crippen LogP) is 3.02. The second-order valence-corrected chi connectivity index (χ2v) is 9.30. The smallest absolute Gasteiger partial charge is 0.262 e. The lowest BCUT2D eigenvalue weighted by molar-refractivity contribution is 0.00244. The fourth-order valence-electron chi connectivity index (χ4n) is 5.11. The van der Waals surface area contributed by atoms with Gasteiger partial charge in [-0.05, 0) is 43.0 Å². The van der Waals surface area contributed by atoms with Crippen LogP contribution in [0.4, 0.5) is 0 Å². The normalized spacial score (nSPS) is 37.8. The Morgan fingerprint density at radius 2 is 2.33 bits per heavy atom. The molecule has 0 aromatic carbocycles. The van der Waals surface area contributed by atoms with Crippen LogP contribution >= 0.6 is 22.9 Å². The van der Waals surface area contributed by atoms with Crippen molar-refractivity contribution < 1.29 is 9.53 Å². The third-order valence-electron chi connectivity index (χ3n) is 6.39. The van der Waals surface area contributed by atoms with Crippen molar-refractivity contribution in [2.45, 2.75) is 37.4 Å². The molecule has 3 aliphatic heterocycles. The lowest BCUT2D eigenvalue weighted by Crippen LogP contribution is -2.41. The number of nitrogens with one attached hydrogen (secondary N) is 1. The van der Waals surface area contributed by atoms with E-state index in [9.17, 15) is 4.79 Å². The molecule has 1 spiro atoms. The van der Waals surface area contributed by atoms with Gasteiger partial charge in [-0.1, -0.05) is 11.6 Å². The monoisotopic (exact) mass is 366 g/mol. The number of amides is 1. The molecule has 1 N–H and O–H groups in total. The maximum atomic E-state index is 12.4. The molecule has 1 aromatic rings. The number of likely N-dealkylation sites (tertiary alicyclic amines) is 1. The summed E-state index contributed by atoms with van der Waals surface area (Å²) in [4.78, 5) is 15.6. The molecule has 2 bridgehead atoms. The summed E-state index contributed by atoms with van der Waals surface area (Å²) in [6.07, 6.45) is 5.48. The molecule has 24 heavy (non-hydrogen) atoms. The average Bonchev–Trinajstić information content (AvgIpc) is 2.91. The molecule has 4 nitrogen and oxygen atoms in total. The van der Waals surface area contributed by atoms with Gasteiger partial charge in [-0.2, -0.15) is 0 Å². The third-order valence-corrected chi connectivity index (χ3v) is 7.73. The summed E-state index contributed by atoms with van der Waals surface area (Å²) in [5.41, 5.74) is 0.0789. The van der Waals surface area contributed by atoms with E-state index in [2.05, 4.69) is 10.2 Å². The Balaban J connectivity index is 1.25. The zero-order chi connectivity index (χ0) is 16.3. The van der Waals surface area contributed by atoms with Gasteiger partial charge in [0.1, 0.15) is 4.88 Å². The van der Waals surface area contributed by atoms with Crippen molar-refractivity contribution in [1.82, 2.24) is 10.2 Å². The Kier molecular flexibility index (Phi) is 3.71. The molecular formula is C18H23ClN2O2S. The first-order valence-corrected chi connectivity index (χ1v) is 10.3. The van der Waals surface area contributed by atoms with Gasteiger partial charge in [0.2, 0.25) is 0 Å². The van der Waals surface area contributed by atoms with Crippen molar-refractivity contribution in [2.24, 2.45) is 17.8 Å². The van der Waals surface area contributed by atoms with Crippen LogP contribution in [0, 0.1) is 17.8 Å². The predicted molar refractivity (Wildman–Crippen MR) is 94.6 cm³/mol. The zero-order valence-electron chi connectivity index (χ0n) is 13.7. The minimum absolute atomic E-state index is 0.0420. The van der Waals surface area contributed by atoms with Crippen LogP contribution in [0.15, 0.2) is 11.4 Å². The number of ether oxygens (including phenoxy) is 1. The molecule has 1 amide bonds. The molecule has 4 fully saturated rings. The van der Waals surface area contributed by atoms with E-state index in [0.717, 1.165) is 25.4 Å². The van der Waals surface area contributed by atoms with Crippen LogP contribution in [0.2, 0.25) is 5.02 Å². The van der Waals surface area contributed by atoms with Crippen LogP contribution in [0.1, 0.15) is 35.4 Å². The number of rotatable bonds is 5. The Hall–Kier alpha value is -0.620. The van der Waals surface area contributed by atoms with Gasteiger partial charge in [0, 0.05) is 38.0 Å². The molecule has 6 heteroatoms. The Morgan fingerprint density at radius 3 is 3.08 bits per heavy atom. The molecule has 4 heterocycles. The summed E-state index contributed by atoms with van der Waals surface area (Å²) >= 11 is 7.48. The van der Waals surface area contributed by atoms with Gasteiger partial charge >= 0.3 is 0 Å². The number of hydrogen-bond donors (Lipinski definition) is 1. The van der Waals surface area contributed by atoms with Gasteiger partial charge in [0.05, 0.1) is 16.7 Å². The van der Waals surface area contributed by atoms with Gasteiger partial charge in [-0.3, -0.25) is 9.69 Å². The van der Waals surface area contributed by atoms with Crippen molar-refractivity contribution in [3.63, 3.8) is 0 Å². The van der Waals surface area contributed by atoms with Crippen molar-refractivity contribution in [3.8, 4) is 0 Å². The molecule has 0 radical (unpaired) electrons. The van der Waals surface area contributed by atoms with Gasteiger partial charge < -0.3 is 10.1 Å².